The van der Waals surface area contributed by atoms with Crippen LogP contribution in [0, 0.1) is 11.3 Å². The van der Waals surface area contributed by atoms with Crippen LogP contribution in [0.25, 0.3) is 0 Å². The van der Waals surface area contributed by atoms with Crippen molar-refractivity contribution in [2.45, 2.75) is 51.4 Å². The number of carbonyl (C=O) groups is 1. The van der Waals surface area contributed by atoms with Crippen LogP contribution in [-0.4, -0.2) is 12.3 Å². The van der Waals surface area contributed by atoms with Crippen molar-refractivity contribution in [3.05, 3.63) is 0 Å². The summed E-state index contributed by atoms with van der Waals surface area (Å²) in [5.41, 5.74) is 6.05. The molecule has 2 aliphatic carbocycles. The lowest BCUT2D eigenvalue weighted by molar-refractivity contribution is -0.123. The zero-order valence-electron chi connectivity index (χ0n) is 8.93. The molecule has 2 N–H and O–H groups in total. The van der Waals surface area contributed by atoms with E-state index in [9.17, 15) is 4.79 Å². The highest BCUT2D eigenvalue weighted by Gasteiger charge is 2.38. The van der Waals surface area contributed by atoms with Gasteiger partial charge in [0.2, 0.25) is 0 Å². The zero-order valence-corrected chi connectivity index (χ0v) is 8.93. The minimum absolute atomic E-state index is 0.192. The molecule has 0 aromatic heterocycles. The van der Waals surface area contributed by atoms with Crippen LogP contribution in [0.4, 0.5) is 0 Å². The minimum Gasteiger partial charge on any atom is -0.330 e. The summed E-state index contributed by atoms with van der Waals surface area (Å²) in [4.78, 5) is 11.8. The Hall–Kier alpha value is -0.370. The third kappa shape index (κ3) is 2.17. The van der Waals surface area contributed by atoms with Gasteiger partial charge < -0.3 is 5.73 Å². The molecule has 2 saturated carbocycles. The van der Waals surface area contributed by atoms with Crippen molar-refractivity contribution in [2.75, 3.05) is 6.54 Å². The Labute approximate surface area is 86.2 Å². The predicted octanol–water partition coefficient (Wildman–Crippen LogP) is 2.26. The van der Waals surface area contributed by atoms with Crippen LogP contribution in [0.1, 0.15) is 51.4 Å². The third-order valence-corrected chi connectivity index (χ3v) is 3.93. The van der Waals surface area contributed by atoms with Crippen LogP contribution in [0.15, 0.2) is 0 Å². The van der Waals surface area contributed by atoms with Gasteiger partial charge in [0.1, 0.15) is 5.78 Å². The highest BCUT2D eigenvalue weighted by molar-refractivity contribution is 5.83. The molecule has 2 rings (SSSR count). The summed E-state index contributed by atoms with van der Waals surface area (Å²) in [5.74, 6) is 0.915. The van der Waals surface area contributed by atoms with E-state index in [1.54, 1.807) is 0 Å². The molecule has 2 nitrogen and oxygen atoms in total. The van der Waals surface area contributed by atoms with E-state index < -0.39 is 0 Å². The van der Waals surface area contributed by atoms with E-state index in [0.717, 1.165) is 19.3 Å². The highest BCUT2D eigenvalue weighted by atomic mass is 16.1. The summed E-state index contributed by atoms with van der Waals surface area (Å²) in [6.07, 6.45) is 9.29. The normalized spacial score (nSPS) is 26.1. The number of Topliss-reactive ketones (excluding diaryl/α,β-unsaturated/α-hetero) is 1. The Morgan fingerprint density at radius 3 is 2.36 bits per heavy atom. The van der Waals surface area contributed by atoms with Gasteiger partial charge in [-0.1, -0.05) is 19.3 Å². The average molecular weight is 195 g/mol. The third-order valence-electron chi connectivity index (χ3n) is 3.93. The SMILES string of the molecule is NCC1(CC(=O)C2CC2)CCCCC1. The molecule has 0 heterocycles. The number of rotatable bonds is 4. The smallest absolute Gasteiger partial charge is 0.136 e. The zero-order chi connectivity index (χ0) is 10.0. The summed E-state index contributed by atoms with van der Waals surface area (Å²) in [6, 6.07) is 0. The molecule has 2 fully saturated rings. The molecule has 0 unspecified atom stereocenters. The molecule has 0 bridgehead atoms. The molecule has 0 radical (unpaired) electrons. The molecule has 80 valence electrons. The first-order valence-corrected chi connectivity index (χ1v) is 5.99. The van der Waals surface area contributed by atoms with Gasteiger partial charge in [-0.15, -0.1) is 0 Å². The van der Waals surface area contributed by atoms with Crippen molar-refractivity contribution < 1.29 is 4.79 Å². The molecule has 0 aromatic rings. The van der Waals surface area contributed by atoms with Crippen LogP contribution in [0.2, 0.25) is 0 Å². The van der Waals surface area contributed by atoms with Gasteiger partial charge in [0.25, 0.3) is 0 Å². The van der Waals surface area contributed by atoms with Crippen molar-refractivity contribution >= 4 is 5.78 Å². The summed E-state index contributed by atoms with van der Waals surface area (Å²) >= 11 is 0. The lowest BCUT2D eigenvalue weighted by Gasteiger charge is -2.35. The van der Waals surface area contributed by atoms with E-state index in [4.69, 9.17) is 5.73 Å². The Kier molecular flexibility index (Phi) is 2.91. The van der Waals surface area contributed by atoms with E-state index in [-0.39, 0.29) is 5.41 Å². The second-order valence-corrected chi connectivity index (χ2v) is 5.18. The van der Waals surface area contributed by atoms with Crippen LogP contribution in [0.5, 0.6) is 0 Å². The Balaban J connectivity index is 1.92. The fourth-order valence-corrected chi connectivity index (χ4v) is 2.67. The number of carbonyl (C=O) groups excluding carboxylic acids is 1. The summed E-state index contributed by atoms with van der Waals surface area (Å²) < 4.78 is 0. The van der Waals surface area contributed by atoms with Crippen LogP contribution >= 0.6 is 0 Å². The maximum absolute atomic E-state index is 11.8. The van der Waals surface area contributed by atoms with Crippen LogP contribution in [-0.2, 0) is 4.79 Å². The fourth-order valence-electron chi connectivity index (χ4n) is 2.67. The van der Waals surface area contributed by atoms with E-state index in [0.29, 0.717) is 18.2 Å². The molecule has 0 spiro atoms. The molecular formula is C12H21NO. The van der Waals surface area contributed by atoms with Crippen LogP contribution < -0.4 is 5.73 Å². The Morgan fingerprint density at radius 2 is 1.86 bits per heavy atom. The van der Waals surface area contributed by atoms with Gasteiger partial charge >= 0.3 is 0 Å². The van der Waals surface area contributed by atoms with Gasteiger partial charge in [-0.2, -0.15) is 0 Å². The first kappa shape index (κ1) is 10.2. The van der Waals surface area contributed by atoms with Gasteiger partial charge in [-0.25, -0.2) is 0 Å². The van der Waals surface area contributed by atoms with E-state index in [1.165, 1.54) is 32.1 Å². The number of nitrogens with two attached hydrogens (primary N) is 1. The summed E-state index contributed by atoms with van der Waals surface area (Å²) in [5, 5.41) is 0. The van der Waals surface area contributed by atoms with Gasteiger partial charge in [-0.3, -0.25) is 4.79 Å². The monoisotopic (exact) mass is 195 g/mol. The maximum Gasteiger partial charge on any atom is 0.136 e. The quantitative estimate of drug-likeness (QED) is 0.747. The number of hydrogen-bond donors (Lipinski definition) is 1. The molecule has 2 heteroatoms. The van der Waals surface area contributed by atoms with Crippen LogP contribution in [0.3, 0.4) is 0 Å². The first-order chi connectivity index (χ1) is 6.76. The van der Waals surface area contributed by atoms with Crippen molar-refractivity contribution in [3.63, 3.8) is 0 Å². The number of ketones is 1. The molecule has 0 amide bonds. The van der Waals surface area contributed by atoms with Crippen molar-refractivity contribution in [3.8, 4) is 0 Å². The second-order valence-electron chi connectivity index (χ2n) is 5.18. The minimum atomic E-state index is 0.192. The average Bonchev–Trinajstić information content (AvgIpc) is 3.02. The molecule has 2 aliphatic rings. The fraction of sp³-hybridized carbons (Fsp3) is 0.917. The molecular weight excluding hydrogens is 174 g/mol. The topological polar surface area (TPSA) is 43.1 Å². The van der Waals surface area contributed by atoms with Gasteiger partial charge in [0.15, 0.2) is 0 Å². The van der Waals surface area contributed by atoms with E-state index in [2.05, 4.69) is 0 Å². The maximum atomic E-state index is 11.8. The second kappa shape index (κ2) is 4.01. The Morgan fingerprint density at radius 1 is 1.21 bits per heavy atom. The highest BCUT2D eigenvalue weighted by Crippen LogP contribution is 2.42. The number of hydrogen-bond acceptors (Lipinski definition) is 2. The van der Waals surface area contributed by atoms with Crippen molar-refractivity contribution in [2.24, 2.45) is 17.1 Å². The lowest BCUT2D eigenvalue weighted by Crippen LogP contribution is -2.35. The summed E-state index contributed by atoms with van der Waals surface area (Å²) in [7, 11) is 0. The molecule has 0 aliphatic heterocycles. The van der Waals surface area contributed by atoms with Crippen molar-refractivity contribution in [1.82, 2.24) is 0 Å². The van der Waals surface area contributed by atoms with Gasteiger partial charge in [0.05, 0.1) is 0 Å². The standard InChI is InChI=1S/C12H21NO/c13-9-12(6-2-1-3-7-12)8-11(14)10-4-5-10/h10H,1-9,13H2. The van der Waals surface area contributed by atoms with Gasteiger partial charge in [0, 0.05) is 12.3 Å². The molecule has 0 aromatic carbocycles. The summed E-state index contributed by atoms with van der Waals surface area (Å²) in [6.45, 7) is 0.714. The predicted molar refractivity (Wildman–Crippen MR) is 56.9 cm³/mol. The largest absolute Gasteiger partial charge is 0.330 e. The molecule has 0 saturated heterocycles. The van der Waals surface area contributed by atoms with E-state index >= 15 is 0 Å². The lowest BCUT2D eigenvalue weighted by atomic mass is 9.70. The first-order valence-electron chi connectivity index (χ1n) is 5.99. The van der Waals surface area contributed by atoms with E-state index in [1.807, 2.05) is 0 Å². The molecule has 14 heavy (non-hydrogen) atoms. The molecule has 0 atom stereocenters. The Bertz CT molecular complexity index is 214. The van der Waals surface area contributed by atoms with Gasteiger partial charge in [-0.05, 0) is 37.6 Å². The van der Waals surface area contributed by atoms with Crippen molar-refractivity contribution in [1.29, 1.82) is 0 Å².